The standard InChI is InChI=1S/C17H19Cl2NO4/c1-22-8-24-14-7-10-6-11(9-3-4-12(18)13(19)5-9)15(16(14)20-10)17(21)23-2/h3-5,10,14,16,20H,6-8H2,1-2H3. The van der Waals surface area contributed by atoms with Crippen LogP contribution < -0.4 is 5.32 Å². The lowest BCUT2D eigenvalue weighted by Crippen LogP contribution is -2.42. The smallest absolute Gasteiger partial charge is 0.335 e. The summed E-state index contributed by atoms with van der Waals surface area (Å²) >= 11 is 12.2. The van der Waals surface area contributed by atoms with Crippen LogP contribution in [0.1, 0.15) is 18.4 Å². The zero-order valence-electron chi connectivity index (χ0n) is 13.5. The topological polar surface area (TPSA) is 56.8 Å². The Morgan fingerprint density at radius 3 is 2.75 bits per heavy atom. The minimum absolute atomic E-state index is 0.135. The van der Waals surface area contributed by atoms with Crippen LogP contribution in [-0.2, 0) is 19.0 Å². The van der Waals surface area contributed by atoms with Gasteiger partial charge in [0.05, 0.1) is 34.9 Å². The molecule has 0 spiro atoms. The molecule has 3 unspecified atom stereocenters. The van der Waals surface area contributed by atoms with Gasteiger partial charge in [-0.3, -0.25) is 0 Å². The molecule has 1 saturated heterocycles. The van der Waals surface area contributed by atoms with Gasteiger partial charge < -0.3 is 19.5 Å². The number of hydrogen-bond donors (Lipinski definition) is 1. The fourth-order valence-corrected chi connectivity index (χ4v) is 3.74. The summed E-state index contributed by atoms with van der Waals surface area (Å²) in [5.74, 6) is -0.361. The Bertz CT molecular complexity index is 677. The molecule has 3 atom stereocenters. The Morgan fingerprint density at radius 2 is 2.08 bits per heavy atom. The average Bonchev–Trinajstić information content (AvgIpc) is 2.90. The maximum Gasteiger partial charge on any atom is 0.335 e. The van der Waals surface area contributed by atoms with E-state index in [1.54, 1.807) is 19.2 Å². The molecular formula is C17H19Cl2NO4. The fourth-order valence-electron chi connectivity index (χ4n) is 3.44. The number of rotatable bonds is 5. The van der Waals surface area contributed by atoms with Crippen molar-refractivity contribution in [2.75, 3.05) is 21.0 Å². The second kappa shape index (κ2) is 7.42. The largest absolute Gasteiger partial charge is 0.466 e. The van der Waals surface area contributed by atoms with Crippen LogP contribution in [0, 0.1) is 0 Å². The van der Waals surface area contributed by atoms with Gasteiger partial charge in [-0.1, -0.05) is 29.3 Å². The molecule has 0 saturated carbocycles. The first-order chi connectivity index (χ1) is 11.5. The molecule has 1 N–H and O–H groups in total. The van der Waals surface area contributed by atoms with E-state index in [2.05, 4.69) is 5.32 Å². The van der Waals surface area contributed by atoms with Gasteiger partial charge in [-0.2, -0.15) is 0 Å². The molecule has 7 heteroatoms. The van der Waals surface area contributed by atoms with Gasteiger partial charge in [0.25, 0.3) is 0 Å². The Hall–Kier alpha value is -1.11. The van der Waals surface area contributed by atoms with E-state index in [1.165, 1.54) is 7.11 Å². The molecule has 24 heavy (non-hydrogen) atoms. The van der Waals surface area contributed by atoms with Crippen molar-refractivity contribution in [1.29, 1.82) is 0 Å². The van der Waals surface area contributed by atoms with Gasteiger partial charge in [0.2, 0.25) is 0 Å². The van der Waals surface area contributed by atoms with Crippen molar-refractivity contribution in [1.82, 2.24) is 5.32 Å². The minimum Gasteiger partial charge on any atom is -0.466 e. The van der Waals surface area contributed by atoms with Crippen LogP contribution in [0.5, 0.6) is 0 Å². The third-order valence-corrected chi connectivity index (χ3v) is 5.20. The number of carbonyl (C=O) groups is 1. The Balaban J connectivity index is 2.02. The molecule has 0 aliphatic carbocycles. The number of benzene rings is 1. The molecule has 2 aliphatic rings. The number of methoxy groups -OCH3 is 2. The van der Waals surface area contributed by atoms with E-state index in [4.69, 9.17) is 37.4 Å². The third kappa shape index (κ3) is 3.32. The van der Waals surface area contributed by atoms with E-state index in [9.17, 15) is 4.79 Å². The molecule has 0 amide bonds. The number of halogens is 2. The number of fused-ring (bicyclic) bond motifs is 2. The van der Waals surface area contributed by atoms with Crippen molar-refractivity contribution in [3.8, 4) is 0 Å². The van der Waals surface area contributed by atoms with Gasteiger partial charge in [-0.25, -0.2) is 4.79 Å². The first kappa shape index (κ1) is 17.7. The Kier molecular flexibility index (Phi) is 5.47. The van der Waals surface area contributed by atoms with Crippen LogP contribution in [0.3, 0.4) is 0 Å². The number of nitrogens with one attached hydrogen (secondary N) is 1. The molecular weight excluding hydrogens is 353 g/mol. The van der Waals surface area contributed by atoms with Gasteiger partial charge in [-0.05, 0) is 36.1 Å². The first-order valence-electron chi connectivity index (χ1n) is 7.68. The molecule has 130 valence electrons. The van der Waals surface area contributed by atoms with Gasteiger partial charge in [0.1, 0.15) is 6.79 Å². The maximum absolute atomic E-state index is 12.4. The lowest BCUT2D eigenvalue weighted by atomic mass is 9.89. The average molecular weight is 372 g/mol. The maximum atomic E-state index is 12.4. The monoisotopic (exact) mass is 371 g/mol. The highest BCUT2D eigenvalue weighted by Crippen LogP contribution is 2.40. The second-order valence-corrected chi connectivity index (χ2v) is 6.72. The van der Waals surface area contributed by atoms with Crippen molar-refractivity contribution < 1.29 is 19.0 Å². The van der Waals surface area contributed by atoms with Gasteiger partial charge >= 0.3 is 5.97 Å². The summed E-state index contributed by atoms with van der Waals surface area (Å²) in [7, 11) is 2.96. The molecule has 3 rings (SSSR count). The van der Waals surface area contributed by atoms with Gasteiger partial charge in [0, 0.05) is 13.2 Å². The number of ether oxygens (including phenoxy) is 3. The van der Waals surface area contributed by atoms with Crippen LogP contribution in [0.2, 0.25) is 10.0 Å². The second-order valence-electron chi connectivity index (χ2n) is 5.91. The summed E-state index contributed by atoms with van der Waals surface area (Å²) in [6.07, 6.45) is 1.37. The highest BCUT2D eigenvalue weighted by Gasteiger charge is 2.45. The van der Waals surface area contributed by atoms with Crippen molar-refractivity contribution in [2.45, 2.75) is 31.0 Å². The van der Waals surface area contributed by atoms with Crippen LogP contribution in [0.25, 0.3) is 5.57 Å². The fraction of sp³-hybridized carbons (Fsp3) is 0.471. The molecule has 1 aromatic rings. The first-order valence-corrected chi connectivity index (χ1v) is 8.44. The summed E-state index contributed by atoms with van der Waals surface area (Å²) in [5.41, 5.74) is 2.40. The molecule has 2 bridgehead atoms. The lowest BCUT2D eigenvalue weighted by Gasteiger charge is -2.28. The normalized spacial score (nSPS) is 25.9. The summed E-state index contributed by atoms with van der Waals surface area (Å²) in [6, 6.07) is 5.41. The van der Waals surface area contributed by atoms with Crippen molar-refractivity contribution in [3.63, 3.8) is 0 Å². The molecule has 0 aromatic heterocycles. The van der Waals surface area contributed by atoms with E-state index in [0.29, 0.717) is 22.0 Å². The quantitative estimate of drug-likeness (QED) is 0.636. The number of hydrogen-bond acceptors (Lipinski definition) is 5. The van der Waals surface area contributed by atoms with E-state index in [1.807, 2.05) is 6.07 Å². The van der Waals surface area contributed by atoms with Crippen molar-refractivity contribution >= 4 is 34.7 Å². The Labute approximate surface area is 150 Å². The highest BCUT2D eigenvalue weighted by atomic mass is 35.5. The zero-order valence-corrected chi connectivity index (χ0v) is 15.0. The molecule has 0 radical (unpaired) electrons. The number of esters is 1. The van der Waals surface area contributed by atoms with E-state index in [-0.39, 0.29) is 30.9 Å². The number of carbonyl (C=O) groups excluding carboxylic acids is 1. The zero-order chi connectivity index (χ0) is 17.3. The molecule has 5 nitrogen and oxygen atoms in total. The van der Waals surface area contributed by atoms with Crippen LogP contribution in [-0.4, -0.2) is 45.2 Å². The highest BCUT2D eigenvalue weighted by molar-refractivity contribution is 6.42. The van der Waals surface area contributed by atoms with Crippen LogP contribution in [0.15, 0.2) is 23.8 Å². The summed E-state index contributed by atoms with van der Waals surface area (Å²) in [4.78, 5) is 12.4. The predicted octanol–water partition coefficient (Wildman–Crippen LogP) is 3.04. The van der Waals surface area contributed by atoms with E-state index in [0.717, 1.165) is 17.6 Å². The third-order valence-electron chi connectivity index (χ3n) is 4.46. The van der Waals surface area contributed by atoms with Gasteiger partial charge in [-0.15, -0.1) is 0 Å². The molecule has 2 heterocycles. The SMILES string of the molecule is COCOC1CC2CC(c3ccc(Cl)c(Cl)c3)=C(C(=O)OC)C1N2. The Morgan fingerprint density at radius 1 is 1.29 bits per heavy atom. The van der Waals surface area contributed by atoms with E-state index < -0.39 is 0 Å². The molecule has 1 aromatic carbocycles. The molecule has 2 aliphatic heterocycles. The van der Waals surface area contributed by atoms with E-state index >= 15 is 0 Å². The van der Waals surface area contributed by atoms with Crippen LogP contribution >= 0.6 is 23.2 Å². The van der Waals surface area contributed by atoms with Crippen molar-refractivity contribution in [3.05, 3.63) is 39.4 Å². The minimum atomic E-state index is -0.361. The summed E-state index contributed by atoms with van der Waals surface area (Å²) < 4.78 is 15.8. The van der Waals surface area contributed by atoms with Crippen molar-refractivity contribution in [2.24, 2.45) is 0 Å². The van der Waals surface area contributed by atoms with Gasteiger partial charge in [0.15, 0.2) is 0 Å². The van der Waals surface area contributed by atoms with Crippen LogP contribution in [0.4, 0.5) is 0 Å². The molecule has 1 fully saturated rings. The predicted molar refractivity (Wildman–Crippen MR) is 92.1 cm³/mol. The lowest BCUT2D eigenvalue weighted by molar-refractivity contribution is -0.137. The summed E-state index contributed by atoms with van der Waals surface area (Å²) in [6.45, 7) is 0.187. The summed E-state index contributed by atoms with van der Waals surface area (Å²) in [5, 5.41) is 4.39.